The van der Waals surface area contributed by atoms with Gasteiger partial charge < -0.3 is 89.0 Å². The van der Waals surface area contributed by atoms with Crippen molar-refractivity contribution < 1.29 is 49.1 Å². The zero-order valence-electron chi connectivity index (χ0n) is 55.2. The maximum Gasteiger partial charge on any atom is 0.407 e. The van der Waals surface area contributed by atoms with E-state index >= 15 is 0 Å². The molecule has 0 saturated heterocycles. The van der Waals surface area contributed by atoms with Gasteiger partial charge in [0.15, 0.2) is 0 Å². The molecule has 93 heavy (non-hydrogen) atoms. The first kappa shape index (κ1) is 94.0. The average Bonchev–Trinajstić information content (AvgIpc) is 1.11. The van der Waals surface area contributed by atoms with Crippen molar-refractivity contribution >= 4 is 29.8 Å². The predicted molar refractivity (Wildman–Crippen MR) is 387 cm³/mol. The summed E-state index contributed by atoms with van der Waals surface area (Å²) in [5.74, 6) is -1.85. The van der Waals surface area contributed by atoms with E-state index in [0.29, 0.717) is 64.3 Å². The zero-order chi connectivity index (χ0) is 67.6. The second kappa shape index (κ2) is 63.1. The van der Waals surface area contributed by atoms with E-state index in [1.807, 2.05) is 58.8 Å². The van der Waals surface area contributed by atoms with E-state index in [4.69, 9.17) is 37.9 Å². The van der Waals surface area contributed by atoms with Crippen LogP contribution in [0.3, 0.4) is 0 Å². The van der Waals surface area contributed by atoms with E-state index in [1.165, 1.54) is 24.3 Å². The first-order valence-electron chi connectivity index (χ1n) is 30.9. The van der Waals surface area contributed by atoms with E-state index in [0.717, 1.165) is 97.3 Å². The third-order valence-electron chi connectivity index (χ3n) is 12.1. The Kier molecular flexibility index (Phi) is 63.8. The Morgan fingerprint density at radius 1 is 0.441 bits per heavy atom. The van der Waals surface area contributed by atoms with Gasteiger partial charge in [0.05, 0.1) is 11.1 Å². The monoisotopic (exact) mass is 1300 g/mol. The molecule has 0 heterocycles. The van der Waals surface area contributed by atoms with Gasteiger partial charge in [0.1, 0.15) is 28.4 Å². The quantitative estimate of drug-likeness (QED) is 0.0240. The largest absolute Gasteiger partial charge is 0.507 e. The summed E-state index contributed by atoms with van der Waals surface area (Å²) in [6.45, 7) is 18.8. The Bertz CT molecular complexity index is 2550. The van der Waals surface area contributed by atoms with Gasteiger partial charge in [-0.25, -0.2) is 9.59 Å². The van der Waals surface area contributed by atoms with Gasteiger partial charge in [-0.05, 0) is 130 Å². The molecule has 3 aromatic rings. The molecule has 0 unspecified atom stereocenters. The molecule has 22 nitrogen and oxygen atoms in total. The van der Waals surface area contributed by atoms with E-state index in [2.05, 4.69) is 111 Å². The third-order valence-corrected chi connectivity index (χ3v) is 12.1. The molecule has 16 N–H and O–H groups in total. The minimum Gasteiger partial charge on any atom is -0.507 e. The van der Waals surface area contributed by atoms with Gasteiger partial charge in [-0.3, -0.25) is 14.4 Å². The molecule has 0 aliphatic carbocycles. The number of nitrogens with one attached hydrogen (secondary N) is 4. The molecule has 3 rings (SSSR count). The zero-order valence-corrected chi connectivity index (χ0v) is 55.2. The Labute approximate surface area is 559 Å². The molecule has 22 heteroatoms. The Balaban J connectivity index is -0.000000399. The lowest BCUT2D eigenvalue weighted by molar-refractivity contribution is -0.121. The number of carbonyl (C=O) groups is 5. The summed E-state index contributed by atoms with van der Waals surface area (Å²) in [7, 11) is 7.86. The number of aromatic carboxylic acids is 1. The second-order valence-electron chi connectivity index (χ2n) is 21.5. The van der Waals surface area contributed by atoms with Crippen LogP contribution in [0, 0.1) is 0 Å². The summed E-state index contributed by atoms with van der Waals surface area (Å²) in [6.07, 6.45) is 32.8. The Hall–Kier alpha value is -7.67. The number of nitrogens with zero attached hydrogens (tertiary/aromatic N) is 4. The minimum absolute atomic E-state index is 0. The van der Waals surface area contributed by atoms with Gasteiger partial charge in [-0.15, -0.1) is 0 Å². The summed E-state index contributed by atoms with van der Waals surface area (Å²) >= 11 is 0. The minimum atomic E-state index is -1.11. The first-order valence-corrected chi connectivity index (χ1v) is 30.9. The fourth-order valence-electron chi connectivity index (χ4n) is 7.22. The van der Waals surface area contributed by atoms with E-state index in [1.54, 1.807) is 48.5 Å². The van der Waals surface area contributed by atoms with E-state index in [-0.39, 0.29) is 74.5 Å². The molecular weight excluding hydrogens is 1180 g/mol. The standard InChI is InChI=1S/C34H49N3O3.C12H19N3O2.C10H23N3O2.C7H6O3.C5H15N3.3CH4/c1-3-4-5-6-7-8-9-10-11-12-13-14-15-16-17-18-19-20-21-26-33(39)35-27-29-37(2)30-28-36-34(40)31-24-22-23-25-32(31)38;1-15(8-6-13)9-7-14-12(17)10-4-2-3-5-11(10)16;1-10(2,3)15-9(14)12-6-8-13(4)7-5-11;8-6-4-2-1-3-5(6)7(9)10;1-8(4-2-6)5-3-7;;;/h4-5,7-8,10-11,13-14,16-17,19-20,22-25,38H,3,6,9,12,15,18,21,26-30H2,1-2H3,(H,35,39)(H,36,40);2-5,16H,6-9,13H2,1H3,(H,14,17);5-8,11H2,1-4H3,(H,12,14);1-4,8H,(H,9,10);2-7H2,1H3;3*1H4/b5-4-,8-7-,11-10-,14-13-,17-16-,20-19-;;;;;;;. The number of para-hydroxylation sites is 3. The van der Waals surface area contributed by atoms with Crippen molar-refractivity contribution in [2.45, 2.75) is 107 Å². The fraction of sp³-hybridized carbons (Fsp3) is 0.507. The molecule has 0 radical (unpaired) electrons. The number of phenolic OH excluding ortho intramolecular Hbond substituents is 2. The number of benzene rings is 3. The number of alkyl carbamates (subject to hydrolysis) is 1. The molecule has 0 atom stereocenters. The summed E-state index contributed by atoms with van der Waals surface area (Å²) in [5.41, 5.74) is 21.4. The number of carbonyl (C=O) groups excluding carboxylic acids is 4. The third kappa shape index (κ3) is 57.9. The van der Waals surface area contributed by atoms with Crippen LogP contribution in [0.15, 0.2) is 146 Å². The first-order chi connectivity index (χ1) is 43.1. The highest BCUT2D eigenvalue weighted by Crippen LogP contribution is 2.17. The van der Waals surface area contributed by atoms with Crippen LogP contribution in [0.25, 0.3) is 0 Å². The molecule has 0 aliphatic heterocycles. The van der Waals surface area contributed by atoms with Crippen molar-refractivity contribution in [1.29, 1.82) is 0 Å². The molecule has 3 aromatic carbocycles. The number of carboxylic acid groups (broad SMARTS) is 1. The average molecular weight is 1310 g/mol. The SMILES string of the molecule is C.C.C.CC/C=C\C/C=C\C/C=C\C/C=C\C/C=C\C/C=C\CCC(=O)NCCN(C)CCNC(=O)c1ccccc1O.CN(CCN)CCN.CN(CCN)CCNC(=O)OC(C)(C)C.CN(CCN)CCNC(=O)c1ccccc1O.O=C(O)c1ccccc1O. The molecule has 0 aromatic heterocycles. The highest BCUT2D eigenvalue weighted by Gasteiger charge is 2.16. The Morgan fingerprint density at radius 3 is 1.04 bits per heavy atom. The van der Waals surface area contributed by atoms with Gasteiger partial charge >= 0.3 is 12.1 Å². The normalized spacial score (nSPS) is 11.0. The number of hydrogen-bond acceptors (Lipinski definition) is 17. The fourth-order valence-corrected chi connectivity index (χ4v) is 7.22. The maximum absolute atomic E-state index is 12.1. The molecular formula is C71H124N12O10. The van der Waals surface area contributed by atoms with Crippen LogP contribution in [-0.2, 0) is 9.53 Å². The molecule has 528 valence electrons. The van der Waals surface area contributed by atoms with Crippen molar-refractivity contribution in [2.24, 2.45) is 22.9 Å². The number of hydrogen-bond donors (Lipinski definition) is 12. The van der Waals surface area contributed by atoms with Crippen LogP contribution in [0.5, 0.6) is 17.2 Å². The van der Waals surface area contributed by atoms with E-state index in [9.17, 15) is 34.2 Å². The van der Waals surface area contributed by atoms with Crippen LogP contribution in [0.2, 0.25) is 0 Å². The highest BCUT2D eigenvalue weighted by atomic mass is 16.6. The lowest BCUT2D eigenvalue weighted by Crippen LogP contribution is -2.38. The Morgan fingerprint density at radius 2 is 0.731 bits per heavy atom. The second-order valence-corrected chi connectivity index (χ2v) is 21.5. The van der Waals surface area contributed by atoms with Crippen LogP contribution < -0.4 is 44.2 Å². The molecule has 0 saturated carbocycles. The number of ether oxygens (including phenoxy) is 1. The van der Waals surface area contributed by atoms with Crippen LogP contribution >= 0.6 is 0 Å². The van der Waals surface area contributed by atoms with Gasteiger partial charge in [-0.2, -0.15) is 0 Å². The smallest absolute Gasteiger partial charge is 0.407 e. The number of nitrogens with two attached hydrogens (primary N) is 4. The lowest BCUT2D eigenvalue weighted by atomic mass is 10.2. The summed E-state index contributed by atoms with van der Waals surface area (Å²) < 4.78 is 5.09. The highest BCUT2D eigenvalue weighted by molar-refractivity contribution is 5.97. The van der Waals surface area contributed by atoms with Crippen LogP contribution in [0.4, 0.5) is 4.79 Å². The summed E-state index contributed by atoms with van der Waals surface area (Å²) in [5, 5.41) is 47.7. The number of allylic oxidation sites excluding steroid dienone is 12. The number of amides is 4. The van der Waals surface area contributed by atoms with Crippen molar-refractivity contribution in [2.75, 3.05) is 133 Å². The van der Waals surface area contributed by atoms with Crippen molar-refractivity contribution in [3.05, 3.63) is 162 Å². The summed E-state index contributed by atoms with van der Waals surface area (Å²) in [6, 6.07) is 18.8. The predicted octanol–water partition coefficient (Wildman–Crippen LogP) is 8.90. The molecule has 0 fully saturated rings. The van der Waals surface area contributed by atoms with Crippen molar-refractivity contribution in [3.8, 4) is 17.2 Å². The number of likely N-dealkylation sites (N-methyl/N-ethyl adjacent to an activating group) is 4. The number of rotatable bonds is 37. The lowest BCUT2D eigenvalue weighted by Gasteiger charge is -2.20. The van der Waals surface area contributed by atoms with Gasteiger partial charge in [0.25, 0.3) is 11.8 Å². The van der Waals surface area contributed by atoms with Crippen LogP contribution in [0.1, 0.15) is 132 Å². The maximum atomic E-state index is 12.1. The summed E-state index contributed by atoms with van der Waals surface area (Å²) in [4.78, 5) is 65.5. The molecule has 0 spiro atoms. The molecule has 0 bridgehead atoms. The number of aromatic hydroxyl groups is 3. The van der Waals surface area contributed by atoms with Gasteiger partial charge in [0, 0.05) is 111 Å². The molecule has 4 amide bonds. The van der Waals surface area contributed by atoms with Gasteiger partial charge in [0.2, 0.25) is 5.91 Å². The van der Waals surface area contributed by atoms with Crippen LogP contribution in [-0.4, -0.2) is 208 Å². The molecule has 0 aliphatic rings. The number of phenols is 3. The van der Waals surface area contributed by atoms with E-state index < -0.39 is 11.6 Å². The van der Waals surface area contributed by atoms with Crippen molar-refractivity contribution in [3.63, 3.8) is 0 Å². The topological polar surface area (TPSA) is 341 Å². The number of carboxylic acids is 1. The van der Waals surface area contributed by atoms with Gasteiger partial charge in [-0.1, -0.05) is 139 Å². The van der Waals surface area contributed by atoms with Crippen molar-refractivity contribution in [1.82, 2.24) is 40.9 Å².